The molecule has 1 aromatic rings. The van der Waals surface area contributed by atoms with E-state index in [2.05, 4.69) is 24.5 Å². The topological polar surface area (TPSA) is 41.1 Å². The van der Waals surface area contributed by atoms with E-state index in [1.807, 2.05) is 19.1 Å². The normalized spacial score (nSPS) is 10.5. The van der Waals surface area contributed by atoms with Crippen molar-refractivity contribution in [3.05, 3.63) is 28.8 Å². The summed E-state index contributed by atoms with van der Waals surface area (Å²) in [5, 5.41) is 6.31. The number of hydrogen-bond donors (Lipinski definition) is 2. The van der Waals surface area contributed by atoms with Crippen LogP contribution in [0.3, 0.4) is 0 Å². The fraction of sp³-hybridized carbons (Fsp3) is 0.500. The molecule has 0 bridgehead atoms. The van der Waals surface area contributed by atoms with E-state index in [-0.39, 0.29) is 6.03 Å². The highest BCUT2D eigenvalue weighted by Crippen LogP contribution is 2.19. The lowest BCUT2D eigenvalue weighted by molar-refractivity contribution is 0.249. The van der Waals surface area contributed by atoms with Gasteiger partial charge in [-0.1, -0.05) is 44.4 Å². The molecule has 4 heteroatoms. The zero-order chi connectivity index (χ0) is 13.5. The van der Waals surface area contributed by atoms with E-state index in [0.29, 0.717) is 23.2 Å². The van der Waals surface area contributed by atoms with Crippen LogP contribution >= 0.6 is 11.6 Å². The van der Waals surface area contributed by atoms with Crippen LogP contribution in [-0.4, -0.2) is 12.6 Å². The molecule has 0 aliphatic rings. The Morgan fingerprint density at radius 2 is 2.00 bits per heavy atom. The lowest BCUT2D eigenvalue weighted by Gasteiger charge is -2.14. The Bertz CT molecular complexity index is 403. The summed E-state index contributed by atoms with van der Waals surface area (Å²) in [7, 11) is 0. The molecule has 0 radical (unpaired) electrons. The van der Waals surface area contributed by atoms with E-state index in [1.54, 1.807) is 6.07 Å². The van der Waals surface area contributed by atoms with Crippen molar-refractivity contribution in [2.45, 2.75) is 33.6 Å². The SMILES string of the molecule is CCC(CC)CNC(=O)Nc1ccc(C)c(Cl)c1. The van der Waals surface area contributed by atoms with E-state index in [9.17, 15) is 4.79 Å². The second kappa shape index (κ2) is 7.27. The second-order valence-electron chi connectivity index (χ2n) is 4.48. The number of anilines is 1. The zero-order valence-electron chi connectivity index (χ0n) is 11.2. The Morgan fingerprint density at radius 3 is 2.56 bits per heavy atom. The summed E-state index contributed by atoms with van der Waals surface area (Å²) >= 11 is 6.00. The maximum atomic E-state index is 11.7. The third-order valence-electron chi connectivity index (χ3n) is 3.14. The number of carbonyl (C=O) groups is 1. The quantitative estimate of drug-likeness (QED) is 0.825. The minimum atomic E-state index is -0.179. The number of halogens is 1. The second-order valence-corrected chi connectivity index (χ2v) is 4.89. The van der Waals surface area contributed by atoms with E-state index in [0.717, 1.165) is 18.4 Å². The summed E-state index contributed by atoms with van der Waals surface area (Å²) in [6.45, 7) is 6.90. The maximum absolute atomic E-state index is 11.7. The summed E-state index contributed by atoms with van der Waals surface area (Å²) in [6, 6.07) is 5.31. The van der Waals surface area contributed by atoms with Crippen LogP contribution < -0.4 is 10.6 Å². The van der Waals surface area contributed by atoms with Crippen LogP contribution in [0, 0.1) is 12.8 Å². The van der Waals surface area contributed by atoms with Gasteiger partial charge in [-0.05, 0) is 30.5 Å². The molecule has 0 aliphatic carbocycles. The molecule has 0 spiro atoms. The molecule has 3 nitrogen and oxygen atoms in total. The number of aryl methyl sites for hydroxylation is 1. The molecule has 0 atom stereocenters. The Labute approximate surface area is 114 Å². The van der Waals surface area contributed by atoms with Gasteiger partial charge in [-0.25, -0.2) is 4.79 Å². The van der Waals surface area contributed by atoms with Crippen LogP contribution in [0.2, 0.25) is 5.02 Å². The first-order valence-electron chi connectivity index (χ1n) is 6.37. The number of amides is 2. The molecule has 0 saturated carbocycles. The van der Waals surface area contributed by atoms with Gasteiger partial charge in [-0.15, -0.1) is 0 Å². The van der Waals surface area contributed by atoms with Gasteiger partial charge in [0, 0.05) is 17.3 Å². The number of carbonyl (C=O) groups excluding carboxylic acids is 1. The van der Waals surface area contributed by atoms with E-state index in [1.165, 1.54) is 0 Å². The van der Waals surface area contributed by atoms with Gasteiger partial charge in [-0.2, -0.15) is 0 Å². The first-order valence-corrected chi connectivity index (χ1v) is 6.75. The number of urea groups is 1. The standard InChI is InChI=1S/C14H21ClN2O/c1-4-11(5-2)9-16-14(18)17-12-7-6-10(3)13(15)8-12/h6-8,11H,4-5,9H2,1-3H3,(H2,16,17,18). The van der Waals surface area contributed by atoms with Gasteiger partial charge < -0.3 is 10.6 Å². The lowest BCUT2D eigenvalue weighted by atomic mass is 10.0. The molecule has 100 valence electrons. The van der Waals surface area contributed by atoms with E-state index in [4.69, 9.17) is 11.6 Å². The van der Waals surface area contributed by atoms with Crippen molar-refractivity contribution in [2.24, 2.45) is 5.92 Å². The molecule has 0 unspecified atom stereocenters. The van der Waals surface area contributed by atoms with Crippen molar-refractivity contribution in [3.63, 3.8) is 0 Å². The molecule has 0 heterocycles. The zero-order valence-corrected chi connectivity index (χ0v) is 12.0. The fourth-order valence-corrected chi connectivity index (χ4v) is 1.84. The highest BCUT2D eigenvalue weighted by atomic mass is 35.5. The van der Waals surface area contributed by atoms with Gasteiger partial charge in [0.25, 0.3) is 0 Å². The van der Waals surface area contributed by atoms with Crippen LogP contribution in [0.1, 0.15) is 32.3 Å². The smallest absolute Gasteiger partial charge is 0.319 e. The van der Waals surface area contributed by atoms with Crippen molar-refractivity contribution in [3.8, 4) is 0 Å². The summed E-state index contributed by atoms with van der Waals surface area (Å²) in [4.78, 5) is 11.7. The van der Waals surface area contributed by atoms with Crippen molar-refractivity contribution in [1.29, 1.82) is 0 Å². The third kappa shape index (κ3) is 4.57. The minimum Gasteiger partial charge on any atom is -0.338 e. The molecule has 1 rings (SSSR count). The summed E-state index contributed by atoms with van der Waals surface area (Å²) < 4.78 is 0. The van der Waals surface area contributed by atoms with Crippen LogP contribution in [0.25, 0.3) is 0 Å². The molecular formula is C14H21ClN2O. The molecule has 18 heavy (non-hydrogen) atoms. The fourth-order valence-electron chi connectivity index (χ4n) is 1.66. The van der Waals surface area contributed by atoms with Crippen LogP contribution in [0.4, 0.5) is 10.5 Å². The average Bonchev–Trinajstić information content (AvgIpc) is 2.35. The van der Waals surface area contributed by atoms with Gasteiger partial charge in [0.15, 0.2) is 0 Å². The lowest BCUT2D eigenvalue weighted by Crippen LogP contribution is -2.32. The highest BCUT2D eigenvalue weighted by molar-refractivity contribution is 6.31. The Kier molecular flexibility index (Phi) is 5.99. The Balaban J connectivity index is 2.46. The van der Waals surface area contributed by atoms with Crippen LogP contribution in [0.15, 0.2) is 18.2 Å². The summed E-state index contributed by atoms with van der Waals surface area (Å²) in [5.74, 6) is 0.539. The van der Waals surface area contributed by atoms with Crippen LogP contribution in [-0.2, 0) is 0 Å². The monoisotopic (exact) mass is 268 g/mol. The minimum absolute atomic E-state index is 0.179. The molecule has 0 saturated heterocycles. The third-order valence-corrected chi connectivity index (χ3v) is 3.54. The van der Waals surface area contributed by atoms with E-state index < -0.39 is 0 Å². The van der Waals surface area contributed by atoms with Gasteiger partial charge in [0.1, 0.15) is 0 Å². The summed E-state index contributed by atoms with van der Waals surface area (Å²) in [6.07, 6.45) is 2.15. The molecule has 0 aliphatic heterocycles. The molecule has 1 aromatic carbocycles. The largest absolute Gasteiger partial charge is 0.338 e. The number of nitrogens with one attached hydrogen (secondary N) is 2. The Morgan fingerprint density at radius 1 is 1.33 bits per heavy atom. The molecule has 0 aromatic heterocycles. The van der Waals surface area contributed by atoms with Crippen molar-refractivity contribution in [2.75, 3.05) is 11.9 Å². The number of rotatable bonds is 5. The Hall–Kier alpha value is -1.22. The summed E-state index contributed by atoms with van der Waals surface area (Å²) in [5.41, 5.74) is 1.72. The van der Waals surface area contributed by atoms with Gasteiger partial charge >= 0.3 is 6.03 Å². The van der Waals surface area contributed by atoms with E-state index >= 15 is 0 Å². The number of hydrogen-bond acceptors (Lipinski definition) is 1. The molecule has 2 N–H and O–H groups in total. The maximum Gasteiger partial charge on any atom is 0.319 e. The molecule has 2 amide bonds. The van der Waals surface area contributed by atoms with Crippen molar-refractivity contribution >= 4 is 23.3 Å². The molecular weight excluding hydrogens is 248 g/mol. The van der Waals surface area contributed by atoms with Gasteiger partial charge in [0.2, 0.25) is 0 Å². The predicted molar refractivity (Wildman–Crippen MR) is 77.3 cm³/mol. The first-order chi connectivity index (χ1) is 8.56. The highest BCUT2D eigenvalue weighted by Gasteiger charge is 2.07. The van der Waals surface area contributed by atoms with Crippen molar-refractivity contribution < 1.29 is 4.79 Å². The molecule has 0 fully saturated rings. The van der Waals surface area contributed by atoms with Gasteiger partial charge in [-0.3, -0.25) is 0 Å². The first kappa shape index (κ1) is 14.8. The van der Waals surface area contributed by atoms with Crippen LogP contribution in [0.5, 0.6) is 0 Å². The average molecular weight is 269 g/mol. The van der Waals surface area contributed by atoms with Gasteiger partial charge in [0.05, 0.1) is 0 Å². The number of benzene rings is 1. The van der Waals surface area contributed by atoms with Crippen molar-refractivity contribution in [1.82, 2.24) is 5.32 Å². The predicted octanol–water partition coefficient (Wildman–Crippen LogP) is 4.21.